The van der Waals surface area contributed by atoms with Crippen molar-refractivity contribution in [1.82, 2.24) is 9.97 Å². The van der Waals surface area contributed by atoms with E-state index in [2.05, 4.69) is 20.6 Å². The minimum Gasteiger partial charge on any atom is -0.491 e. The number of anilines is 4. The summed E-state index contributed by atoms with van der Waals surface area (Å²) in [5, 5.41) is 5.67. The molecule has 0 bridgehead atoms. The zero-order chi connectivity index (χ0) is 24.0. The van der Waals surface area contributed by atoms with Crippen LogP contribution in [0.2, 0.25) is 0 Å². The molecule has 3 rings (SSSR count). The van der Waals surface area contributed by atoms with Crippen LogP contribution in [0, 0.1) is 0 Å². The molecule has 0 fully saturated rings. The molecule has 0 aliphatic carbocycles. The molecule has 6 nitrogen and oxygen atoms in total. The maximum Gasteiger partial charge on any atom is 0.421 e. The molecule has 176 valence electrons. The van der Waals surface area contributed by atoms with Gasteiger partial charge >= 0.3 is 6.18 Å². The van der Waals surface area contributed by atoms with Gasteiger partial charge in [0.15, 0.2) is 0 Å². The highest BCUT2D eigenvalue weighted by atomic mass is 19.4. The summed E-state index contributed by atoms with van der Waals surface area (Å²) in [6.07, 6.45) is -2.93. The summed E-state index contributed by atoms with van der Waals surface area (Å²) in [4.78, 5) is 7.91. The molecule has 0 aliphatic heterocycles. The Hall–Kier alpha value is -3.49. The lowest BCUT2D eigenvalue weighted by molar-refractivity contribution is -0.137. The van der Waals surface area contributed by atoms with E-state index in [0.717, 1.165) is 12.6 Å². The van der Waals surface area contributed by atoms with Crippen LogP contribution >= 0.6 is 0 Å². The van der Waals surface area contributed by atoms with Crippen molar-refractivity contribution in [3.05, 3.63) is 60.3 Å². The van der Waals surface area contributed by atoms with E-state index in [0.29, 0.717) is 22.9 Å². The van der Waals surface area contributed by atoms with Crippen LogP contribution in [-0.2, 0) is 6.18 Å². The molecule has 2 aromatic carbocycles. The number of nitrogens with zero attached hydrogens (tertiary/aromatic N) is 2. The first-order valence-electron chi connectivity index (χ1n) is 10.7. The van der Waals surface area contributed by atoms with Crippen LogP contribution in [0.25, 0.3) is 0 Å². The third-order valence-electron chi connectivity index (χ3n) is 4.61. The third kappa shape index (κ3) is 7.00. The van der Waals surface area contributed by atoms with Gasteiger partial charge < -0.3 is 20.1 Å². The van der Waals surface area contributed by atoms with Gasteiger partial charge in [0.2, 0.25) is 5.95 Å². The molecule has 2 N–H and O–H groups in total. The summed E-state index contributed by atoms with van der Waals surface area (Å²) in [6.45, 7) is 7.79. The van der Waals surface area contributed by atoms with Crippen LogP contribution in [-0.4, -0.2) is 22.2 Å². The molecule has 0 saturated carbocycles. The summed E-state index contributed by atoms with van der Waals surface area (Å²) in [7, 11) is 0. The highest BCUT2D eigenvalue weighted by Crippen LogP contribution is 2.35. The number of halogens is 3. The molecule has 0 amide bonds. The average molecular weight is 461 g/mol. The molecule has 3 aromatic rings. The maximum absolute atomic E-state index is 13.5. The zero-order valence-corrected chi connectivity index (χ0v) is 18.9. The molecule has 1 atom stereocenters. The van der Waals surface area contributed by atoms with Gasteiger partial charge in [0, 0.05) is 17.6 Å². The van der Waals surface area contributed by atoms with Gasteiger partial charge in [-0.1, -0.05) is 6.92 Å². The molecule has 0 aliphatic rings. The predicted octanol–water partition coefficient (Wildman–Crippen LogP) is 6.95. The number of hydrogen-bond donors (Lipinski definition) is 2. The molecule has 33 heavy (non-hydrogen) atoms. The van der Waals surface area contributed by atoms with E-state index < -0.39 is 11.7 Å². The summed E-state index contributed by atoms with van der Waals surface area (Å²) < 4.78 is 51.9. The van der Waals surface area contributed by atoms with Crippen LogP contribution in [0.15, 0.2) is 54.7 Å². The smallest absolute Gasteiger partial charge is 0.421 e. The molecule has 1 heterocycles. The molecule has 9 heteroatoms. The van der Waals surface area contributed by atoms with E-state index in [1.165, 1.54) is 0 Å². The molecule has 0 radical (unpaired) electrons. The Morgan fingerprint density at radius 1 is 0.848 bits per heavy atom. The van der Waals surface area contributed by atoms with Crippen molar-refractivity contribution in [2.24, 2.45) is 0 Å². The lowest BCUT2D eigenvalue weighted by atomic mass is 10.2. The highest BCUT2D eigenvalue weighted by Gasteiger charge is 2.35. The number of alkyl halides is 3. The van der Waals surface area contributed by atoms with Crippen molar-refractivity contribution >= 4 is 23.1 Å². The van der Waals surface area contributed by atoms with Crippen LogP contribution in [0.1, 0.15) is 39.7 Å². The van der Waals surface area contributed by atoms with Crippen molar-refractivity contribution in [3.63, 3.8) is 0 Å². The van der Waals surface area contributed by atoms with Crippen molar-refractivity contribution < 1.29 is 22.6 Å². The average Bonchev–Trinajstić information content (AvgIpc) is 2.75. The quantitative estimate of drug-likeness (QED) is 0.360. The summed E-state index contributed by atoms with van der Waals surface area (Å²) >= 11 is 0. The Morgan fingerprint density at radius 3 is 1.91 bits per heavy atom. The number of aromatic nitrogens is 2. The van der Waals surface area contributed by atoms with Crippen LogP contribution in [0.5, 0.6) is 11.5 Å². The first kappa shape index (κ1) is 24.2. The number of hydrogen-bond acceptors (Lipinski definition) is 6. The highest BCUT2D eigenvalue weighted by molar-refractivity contribution is 5.63. The lowest BCUT2D eigenvalue weighted by Crippen LogP contribution is -2.13. The van der Waals surface area contributed by atoms with Crippen molar-refractivity contribution in [3.8, 4) is 11.5 Å². The van der Waals surface area contributed by atoms with Gasteiger partial charge in [-0.05, 0) is 75.7 Å². The van der Waals surface area contributed by atoms with Gasteiger partial charge in [0.25, 0.3) is 0 Å². The minimum atomic E-state index is -4.61. The Labute approximate surface area is 191 Å². The van der Waals surface area contributed by atoms with E-state index in [1.54, 1.807) is 48.5 Å². The molecular formula is C24H27F3N4O2. The topological polar surface area (TPSA) is 68.3 Å². The van der Waals surface area contributed by atoms with Gasteiger partial charge in [-0.2, -0.15) is 18.2 Å². The van der Waals surface area contributed by atoms with E-state index >= 15 is 0 Å². The molecule has 0 saturated heterocycles. The van der Waals surface area contributed by atoms with E-state index in [9.17, 15) is 13.2 Å². The largest absolute Gasteiger partial charge is 0.491 e. The van der Waals surface area contributed by atoms with Crippen LogP contribution in [0.4, 0.5) is 36.3 Å². The van der Waals surface area contributed by atoms with Gasteiger partial charge in [-0.3, -0.25) is 0 Å². The second kappa shape index (κ2) is 10.4. The zero-order valence-electron chi connectivity index (χ0n) is 18.9. The fourth-order valence-corrected chi connectivity index (χ4v) is 2.83. The monoisotopic (exact) mass is 460 g/mol. The van der Waals surface area contributed by atoms with Crippen LogP contribution in [0.3, 0.4) is 0 Å². The third-order valence-corrected chi connectivity index (χ3v) is 4.61. The summed E-state index contributed by atoms with van der Waals surface area (Å²) in [5.41, 5.74) is 0.0915. The number of ether oxygens (including phenoxy) is 2. The van der Waals surface area contributed by atoms with Crippen molar-refractivity contribution in [2.75, 3.05) is 10.6 Å². The second-order valence-corrected chi connectivity index (χ2v) is 7.76. The molecule has 1 unspecified atom stereocenters. The van der Waals surface area contributed by atoms with Crippen molar-refractivity contribution in [1.29, 1.82) is 0 Å². The standard InChI is InChI=1S/C24H27F3N4O2/c1-5-16(4)33-20-12-6-17(7-13-20)29-22-21(24(25,26)27)14-28-23(31-22)30-18-8-10-19(11-9-18)32-15(2)3/h6-16H,5H2,1-4H3,(H2,28,29,30,31). The predicted molar refractivity (Wildman–Crippen MR) is 123 cm³/mol. The van der Waals surface area contributed by atoms with Gasteiger partial charge in [0.05, 0.1) is 12.2 Å². The molecule has 0 spiro atoms. The number of benzene rings is 2. The summed E-state index contributed by atoms with van der Waals surface area (Å²) in [5.74, 6) is 1.00. The molecular weight excluding hydrogens is 433 g/mol. The van der Waals surface area contributed by atoms with E-state index in [4.69, 9.17) is 9.47 Å². The Morgan fingerprint density at radius 2 is 1.39 bits per heavy atom. The second-order valence-electron chi connectivity index (χ2n) is 7.76. The van der Waals surface area contributed by atoms with Gasteiger partial charge in [-0.15, -0.1) is 0 Å². The molecule has 1 aromatic heterocycles. The number of nitrogens with one attached hydrogen (secondary N) is 2. The first-order chi connectivity index (χ1) is 15.6. The van der Waals surface area contributed by atoms with Gasteiger partial charge in [-0.25, -0.2) is 4.98 Å². The Bertz CT molecular complexity index is 1040. The fourth-order valence-electron chi connectivity index (χ4n) is 2.83. The SMILES string of the molecule is CCC(C)Oc1ccc(Nc2nc(Nc3ccc(OC(C)C)cc3)ncc2C(F)(F)F)cc1. The van der Waals surface area contributed by atoms with E-state index in [-0.39, 0.29) is 24.0 Å². The van der Waals surface area contributed by atoms with E-state index in [1.807, 2.05) is 27.7 Å². The normalized spacial score (nSPS) is 12.4. The van der Waals surface area contributed by atoms with Crippen molar-refractivity contribution in [2.45, 2.75) is 52.5 Å². The first-order valence-corrected chi connectivity index (χ1v) is 10.7. The number of rotatable bonds is 9. The maximum atomic E-state index is 13.5. The van der Waals surface area contributed by atoms with Crippen LogP contribution < -0.4 is 20.1 Å². The lowest BCUT2D eigenvalue weighted by Gasteiger charge is -2.16. The van der Waals surface area contributed by atoms with Gasteiger partial charge in [0.1, 0.15) is 22.9 Å². The minimum absolute atomic E-state index is 0.0275. The Balaban J connectivity index is 1.80. The fraction of sp³-hybridized carbons (Fsp3) is 0.333. The Kier molecular flexibility index (Phi) is 7.63. The summed E-state index contributed by atoms with van der Waals surface area (Å²) in [6, 6.07) is 13.7.